The summed E-state index contributed by atoms with van der Waals surface area (Å²) in [5, 5.41) is 14.3. The first-order valence-electron chi connectivity index (χ1n) is 12.5. The van der Waals surface area contributed by atoms with E-state index in [9.17, 15) is 9.90 Å². The molecule has 0 radical (unpaired) electrons. The minimum atomic E-state index is -1.30. The molecule has 7 nitrogen and oxygen atoms in total. The number of aliphatic carboxylic acids is 1. The van der Waals surface area contributed by atoms with E-state index >= 15 is 0 Å². The molecule has 2 fully saturated rings. The minimum Gasteiger partial charge on any atom is -0.490 e. The molecule has 1 N–H and O–H groups in total. The van der Waals surface area contributed by atoms with Crippen molar-refractivity contribution in [3.05, 3.63) is 60.3 Å². The van der Waals surface area contributed by atoms with E-state index in [1.54, 1.807) is 13.8 Å². The maximum atomic E-state index is 11.5. The summed E-state index contributed by atoms with van der Waals surface area (Å²) in [7, 11) is 0. The molecule has 2 aromatic carbocycles. The fourth-order valence-electron chi connectivity index (χ4n) is 4.43. The van der Waals surface area contributed by atoms with Gasteiger partial charge in [-0.25, -0.2) is 9.48 Å². The molecule has 1 saturated heterocycles. The standard InChI is InChI=1S/C28H33N3O4/c1-28(2,27(32)33)34-19-21-17-26(20-8-5-13-25(16-20)35-24-11-7-12-24)31(29-21)23-10-6-9-22(18-23)30-14-3-4-15-30/h5-6,8-10,13,16-18,24H,3-4,7,11-12,14-15,19H2,1-2H3,(H,32,33). The number of aromatic nitrogens is 2. The van der Waals surface area contributed by atoms with Gasteiger partial charge in [0.25, 0.3) is 0 Å². The first-order chi connectivity index (χ1) is 16.9. The Bertz CT molecular complexity index is 1190. The summed E-state index contributed by atoms with van der Waals surface area (Å²) in [6.07, 6.45) is 6.16. The zero-order valence-corrected chi connectivity index (χ0v) is 20.4. The van der Waals surface area contributed by atoms with Gasteiger partial charge in [-0.3, -0.25) is 0 Å². The minimum absolute atomic E-state index is 0.101. The Morgan fingerprint density at radius 2 is 1.77 bits per heavy atom. The van der Waals surface area contributed by atoms with Crippen molar-refractivity contribution in [2.24, 2.45) is 0 Å². The molecule has 184 valence electrons. The first-order valence-corrected chi connectivity index (χ1v) is 12.5. The average molecular weight is 476 g/mol. The number of hydrogen-bond donors (Lipinski definition) is 1. The van der Waals surface area contributed by atoms with Crippen LogP contribution in [0.4, 0.5) is 5.69 Å². The fraction of sp³-hybridized carbons (Fsp3) is 0.429. The molecule has 3 aromatic rings. The molecule has 0 spiro atoms. The van der Waals surface area contributed by atoms with Crippen LogP contribution < -0.4 is 9.64 Å². The van der Waals surface area contributed by atoms with Crippen LogP contribution in [0.2, 0.25) is 0 Å². The summed E-state index contributed by atoms with van der Waals surface area (Å²) in [6, 6.07) is 18.5. The van der Waals surface area contributed by atoms with Gasteiger partial charge in [-0.05, 0) is 82.3 Å². The van der Waals surface area contributed by atoms with Crippen LogP contribution in [-0.4, -0.2) is 45.7 Å². The number of carbonyl (C=O) groups is 1. The Balaban J connectivity index is 1.50. The predicted molar refractivity (Wildman–Crippen MR) is 135 cm³/mol. The van der Waals surface area contributed by atoms with Gasteiger partial charge < -0.3 is 19.5 Å². The third kappa shape index (κ3) is 5.20. The van der Waals surface area contributed by atoms with Gasteiger partial charge in [0.1, 0.15) is 5.75 Å². The third-order valence-corrected chi connectivity index (χ3v) is 6.89. The van der Waals surface area contributed by atoms with E-state index in [0.29, 0.717) is 11.8 Å². The van der Waals surface area contributed by atoms with E-state index in [0.717, 1.165) is 48.6 Å². The molecule has 7 heteroatoms. The lowest BCUT2D eigenvalue weighted by atomic mass is 9.96. The van der Waals surface area contributed by atoms with E-state index in [1.165, 1.54) is 24.9 Å². The molecule has 0 atom stereocenters. The van der Waals surface area contributed by atoms with Crippen LogP contribution in [0.3, 0.4) is 0 Å². The van der Waals surface area contributed by atoms with Crippen molar-refractivity contribution >= 4 is 11.7 Å². The number of ether oxygens (including phenoxy) is 2. The van der Waals surface area contributed by atoms with Gasteiger partial charge in [-0.1, -0.05) is 18.2 Å². The van der Waals surface area contributed by atoms with Gasteiger partial charge in [0.2, 0.25) is 0 Å². The van der Waals surface area contributed by atoms with E-state index < -0.39 is 11.6 Å². The molecule has 1 aliphatic carbocycles. The second-order valence-corrected chi connectivity index (χ2v) is 9.95. The highest BCUT2D eigenvalue weighted by Gasteiger charge is 2.28. The zero-order chi connectivity index (χ0) is 24.4. The molecule has 1 saturated carbocycles. The van der Waals surface area contributed by atoms with Crippen molar-refractivity contribution < 1.29 is 19.4 Å². The van der Waals surface area contributed by atoms with Gasteiger partial charge in [0.05, 0.1) is 29.8 Å². The van der Waals surface area contributed by atoms with Crippen molar-refractivity contribution in [2.45, 2.75) is 64.3 Å². The van der Waals surface area contributed by atoms with Crippen LogP contribution in [0.5, 0.6) is 5.75 Å². The smallest absolute Gasteiger partial charge is 0.335 e. The highest BCUT2D eigenvalue weighted by molar-refractivity contribution is 5.76. The summed E-state index contributed by atoms with van der Waals surface area (Å²) in [6.45, 7) is 5.34. The molecule has 2 aliphatic rings. The van der Waals surface area contributed by atoms with Gasteiger partial charge in [-0.15, -0.1) is 0 Å². The summed E-state index contributed by atoms with van der Waals surface area (Å²) in [5.41, 5.74) is 3.42. The van der Waals surface area contributed by atoms with E-state index in [1.807, 2.05) is 22.9 Å². The second kappa shape index (κ2) is 9.74. The van der Waals surface area contributed by atoms with Crippen molar-refractivity contribution in [2.75, 3.05) is 18.0 Å². The van der Waals surface area contributed by atoms with Crippen LogP contribution >= 0.6 is 0 Å². The highest BCUT2D eigenvalue weighted by atomic mass is 16.5. The molecule has 1 aliphatic heterocycles. The normalized spacial score (nSPS) is 16.3. The van der Waals surface area contributed by atoms with Crippen LogP contribution in [0.15, 0.2) is 54.6 Å². The highest BCUT2D eigenvalue weighted by Crippen LogP contribution is 2.32. The molecule has 5 rings (SSSR count). The van der Waals surface area contributed by atoms with E-state index in [4.69, 9.17) is 14.6 Å². The van der Waals surface area contributed by atoms with E-state index in [2.05, 4.69) is 41.3 Å². The number of nitrogens with zero attached hydrogens (tertiary/aromatic N) is 3. The quantitative estimate of drug-likeness (QED) is 0.443. The number of rotatable bonds is 9. The van der Waals surface area contributed by atoms with Crippen molar-refractivity contribution in [3.63, 3.8) is 0 Å². The average Bonchev–Trinajstić information content (AvgIpc) is 3.51. The Kier molecular flexibility index (Phi) is 6.52. The number of benzene rings is 2. The number of hydrogen-bond acceptors (Lipinski definition) is 5. The SMILES string of the molecule is CC(C)(OCc1cc(-c2cccc(OC3CCC3)c2)n(-c2cccc(N3CCCC3)c2)n1)C(=O)O. The number of carboxylic acids is 1. The molecule has 2 heterocycles. The summed E-state index contributed by atoms with van der Waals surface area (Å²) in [4.78, 5) is 13.9. The summed E-state index contributed by atoms with van der Waals surface area (Å²) < 4.78 is 13.8. The largest absolute Gasteiger partial charge is 0.490 e. The van der Waals surface area contributed by atoms with Crippen molar-refractivity contribution in [1.29, 1.82) is 0 Å². The molecule has 1 aromatic heterocycles. The molecular formula is C28H33N3O4. The molecular weight excluding hydrogens is 442 g/mol. The van der Waals surface area contributed by atoms with Gasteiger partial charge in [0, 0.05) is 24.3 Å². The second-order valence-electron chi connectivity index (χ2n) is 9.95. The lowest BCUT2D eigenvalue weighted by Crippen LogP contribution is -2.34. The molecule has 0 amide bonds. The lowest BCUT2D eigenvalue weighted by Gasteiger charge is -2.26. The predicted octanol–water partition coefficient (Wildman–Crippen LogP) is 5.45. The Morgan fingerprint density at radius 1 is 1.03 bits per heavy atom. The summed E-state index contributed by atoms with van der Waals surface area (Å²) in [5.74, 6) is -0.146. The van der Waals surface area contributed by atoms with Crippen LogP contribution in [-0.2, 0) is 16.1 Å². The maximum absolute atomic E-state index is 11.5. The lowest BCUT2D eigenvalue weighted by molar-refractivity contribution is -0.162. The Hall–Kier alpha value is -3.32. The van der Waals surface area contributed by atoms with Crippen molar-refractivity contribution in [3.8, 4) is 22.7 Å². The van der Waals surface area contributed by atoms with Gasteiger partial charge >= 0.3 is 5.97 Å². The Morgan fingerprint density at radius 3 is 2.49 bits per heavy atom. The monoisotopic (exact) mass is 475 g/mol. The first kappa shape index (κ1) is 23.4. The molecule has 0 unspecified atom stereocenters. The fourth-order valence-corrected chi connectivity index (χ4v) is 4.43. The van der Waals surface area contributed by atoms with Crippen LogP contribution in [0.1, 0.15) is 51.6 Å². The van der Waals surface area contributed by atoms with Gasteiger partial charge in [-0.2, -0.15) is 5.10 Å². The molecule has 35 heavy (non-hydrogen) atoms. The molecule has 0 bridgehead atoms. The van der Waals surface area contributed by atoms with Crippen molar-refractivity contribution in [1.82, 2.24) is 9.78 Å². The van der Waals surface area contributed by atoms with Gasteiger partial charge in [0.15, 0.2) is 5.60 Å². The Labute approximate surface area is 206 Å². The number of anilines is 1. The van der Waals surface area contributed by atoms with Crippen LogP contribution in [0, 0.1) is 0 Å². The number of carboxylic acid groups (broad SMARTS) is 1. The van der Waals surface area contributed by atoms with Crippen LogP contribution in [0.25, 0.3) is 16.9 Å². The topological polar surface area (TPSA) is 76.8 Å². The summed E-state index contributed by atoms with van der Waals surface area (Å²) >= 11 is 0. The van der Waals surface area contributed by atoms with E-state index in [-0.39, 0.29) is 6.61 Å². The zero-order valence-electron chi connectivity index (χ0n) is 20.4. The third-order valence-electron chi connectivity index (χ3n) is 6.89. The maximum Gasteiger partial charge on any atom is 0.335 e.